The van der Waals surface area contributed by atoms with Crippen LogP contribution in [0.15, 0.2) is 23.6 Å². The Hall–Kier alpha value is -2.54. The Morgan fingerprint density at radius 3 is 2.64 bits per heavy atom. The van der Waals surface area contributed by atoms with Crippen molar-refractivity contribution in [3.8, 4) is 0 Å². The van der Waals surface area contributed by atoms with E-state index in [0.717, 1.165) is 11.1 Å². The van der Waals surface area contributed by atoms with Crippen molar-refractivity contribution in [1.29, 1.82) is 0 Å². The average molecular weight is 360 g/mol. The number of aromatic carboxylic acids is 1. The van der Waals surface area contributed by atoms with E-state index in [4.69, 9.17) is 5.11 Å². The molecule has 0 radical (unpaired) electrons. The zero-order chi connectivity index (χ0) is 18.4. The second-order valence-electron chi connectivity index (χ2n) is 5.77. The highest BCUT2D eigenvalue weighted by Gasteiger charge is 2.12. The lowest BCUT2D eigenvalue weighted by Gasteiger charge is -2.07. The number of nitrogens with zero attached hydrogens (tertiary/aromatic N) is 1. The summed E-state index contributed by atoms with van der Waals surface area (Å²) in [5.41, 5.74) is 2.61. The smallest absolute Gasteiger partial charge is 0.355 e. The van der Waals surface area contributed by atoms with E-state index >= 15 is 0 Å². The molecule has 2 N–H and O–H groups in total. The van der Waals surface area contributed by atoms with E-state index in [1.54, 1.807) is 0 Å². The number of rotatable bonds is 8. The van der Waals surface area contributed by atoms with Gasteiger partial charge in [0.25, 0.3) is 0 Å². The second-order valence-corrected chi connectivity index (χ2v) is 6.72. The van der Waals surface area contributed by atoms with Crippen LogP contribution in [0.4, 0.5) is 0 Å². The number of ketones is 1. The van der Waals surface area contributed by atoms with Crippen LogP contribution in [0.1, 0.15) is 49.8 Å². The standard InChI is InChI=1S/C18H20N2O4S/c1-11-3-4-12(2)13(9-11)15(21)5-6-16(22)19-8-7-17-20-14(10-25-17)18(23)24/h3-4,9-10H,5-8H2,1-2H3,(H,19,22)(H,23,24). The third-order valence-electron chi connectivity index (χ3n) is 3.70. The Labute approximate surface area is 149 Å². The number of thiazole rings is 1. The monoisotopic (exact) mass is 360 g/mol. The quantitative estimate of drug-likeness (QED) is 0.706. The molecule has 0 saturated heterocycles. The molecule has 0 spiro atoms. The summed E-state index contributed by atoms with van der Waals surface area (Å²) in [6, 6.07) is 5.70. The second kappa shape index (κ2) is 8.53. The van der Waals surface area contributed by atoms with E-state index in [9.17, 15) is 14.4 Å². The number of carbonyl (C=O) groups excluding carboxylic acids is 2. The Morgan fingerprint density at radius 2 is 1.96 bits per heavy atom. The number of aromatic nitrogens is 1. The molecule has 1 amide bonds. The summed E-state index contributed by atoms with van der Waals surface area (Å²) < 4.78 is 0. The zero-order valence-electron chi connectivity index (χ0n) is 14.2. The van der Waals surface area contributed by atoms with Crippen molar-refractivity contribution in [2.24, 2.45) is 0 Å². The van der Waals surface area contributed by atoms with E-state index in [-0.39, 0.29) is 30.2 Å². The molecule has 0 bridgehead atoms. The van der Waals surface area contributed by atoms with Gasteiger partial charge in [-0.3, -0.25) is 9.59 Å². The fourth-order valence-corrected chi connectivity index (χ4v) is 3.09. The van der Waals surface area contributed by atoms with E-state index in [1.165, 1.54) is 16.7 Å². The Balaban J connectivity index is 1.75. The van der Waals surface area contributed by atoms with Gasteiger partial charge in [-0.05, 0) is 25.5 Å². The maximum atomic E-state index is 12.2. The fourth-order valence-electron chi connectivity index (χ4n) is 2.32. The molecule has 1 aromatic heterocycles. The van der Waals surface area contributed by atoms with Crippen LogP contribution in [0, 0.1) is 13.8 Å². The number of benzene rings is 1. The lowest BCUT2D eigenvalue weighted by molar-refractivity contribution is -0.121. The van der Waals surface area contributed by atoms with E-state index in [0.29, 0.717) is 23.5 Å². The summed E-state index contributed by atoms with van der Waals surface area (Å²) in [4.78, 5) is 38.8. The Morgan fingerprint density at radius 1 is 1.20 bits per heavy atom. The first-order chi connectivity index (χ1) is 11.9. The molecule has 0 atom stereocenters. The van der Waals surface area contributed by atoms with Gasteiger partial charge in [0.05, 0.1) is 5.01 Å². The number of carbonyl (C=O) groups is 3. The van der Waals surface area contributed by atoms with Gasteiger partial charge in [-0.15, -0.1) is 11.3 Å². The van der Waals surface area contributed by atoms with Crippen LogP contribution < -0.4 is 5.32 Å². The molecular weight excluding hydrogens is 340 g/mol. The molecule has 0 unspecified atom stereocenters. The van der Waals surface area contributed by atoms with Gasteiger partial charge in [0.1, 0.15) is 0 Å². The van der Waals surface area contributed by atoms with Gasteiger partial charge in [-0.25, -0.2) is 9.78 Å². The molecular formula is C18H20N2O4S. The molecule has 7 heteroatoms. The van der Waals surface area contributed by atoms with Gasteiger partial charge in [0, 0.05) is 36.8 Å². The highest BCUT2D eigenvalue weighted by molar-refractivity contribution is 7.09. The SMILES string of the molecule is Cc1ccc(C)c(C(=O)CCC(=O)NCCc2nc(C(=O)O)cs2)c1. The number of carboxylic acid groups (broad SMARTS) is 1. The van der Waals surface area contributed by atoms with Crippen LogP contribution in [0.3, 0.4) is 0 Å². The van der Waals surface area contributed by atoms with Gasteiger partial charge in [-0.1, -0.05) is 17.7 Å². The maximum absolute atomic E-state index is 12.2. The predicted molar refractivity (Wildman–Crippen MR) is 95.3 cm³/mol. The first-order valence-electron chi connectivity index (χ1n) is 7.91. The number of amides is 1. The van der Waals surface area contributed by atoms with E-state index in [1.807, 2.05) is 32.0 Å². The van der Waals surface area contributed by atoms with Crippen molar-refractivity contribution in [2.45, 2.75) is 33.1 Å². The lowest BCUT2D eigenvalue weighted by Crippen LogP contribution is -2.26. The highest BCUT2D eigenvalue weighted by atomic mass is 32.1. The van der Waals surface area contributed by atoms with Gasteiger partial charge < -0.3 is 10.4 Å². The van der Waals surface area contributed by atoms with Crippen molar-refractivity contribution >= 4 is 29.0 Å². The minimum atomic E-state index is -1.06. The number of carboxylic acids is 1. The van der Waals surface area contributed by atoms with Crippen LogP contribution in [0.2, 0.25) is 0 Å². The third-order valence-corrected chi connectivity index (χ3v) is 4.61. The minimum absolute atomic E-state index is 0.0189. The predicted octanol–water partition coefficient (Wildman–Crippen LogP) is 2.78. The summed E-state index contributed by atoms with van der Waals surface area (Å²) in [6.07, 6.45) is 0.760. The summed E-state index contributed by atoms with van der Waals surface area (Å²) in [6.45, 7) is 4.17. The maximum Gasteiger partial charge on any atom is 0.355 e. The van der Waals surface area contributed by atoms with E-state index in [2.05, 4.69) is 10.3 Å². The highest BCUT2D eigenvalue weighted by Crippen LogP contribution is 2.14. The molecule has 0 aliphatic carbocycles. The minimum Gasteiger partial charge on any atom is -0.476 e. The molecule has 0 saturated carbocycles. The fraction of sp³-hybridized carbons (Fsp3) is 0.333. The van der Waals surface area contributed by atoms with Crippen molar-refractivity contribution in [3.05, 3.63) is 51.0 Å². The van der Waals surface area contributed by atoms with Gasteiger partial charge >= 0.3 is 5.97 Å². The third kappa shape index (κ3) is 5.49. The first-order valence-corrected chi connectivity index (χ1v) is 8.79. The summed E-state index contributed by atoms with van der Waals surface area (Å²) in [5.74, 6) is -1.30. The van der Waals surface area contributed by atoms with Crippen LogP contribution in [0.5, 0.6) is 0 Å². The summed E-state index contributed by atoms with van der Waals surface area (Å²) >= 11 is 1.25. The molecule has 0 aliphatic heterocycles. The largest absolute Gasteiger partial charge is 0.476 e. The number of Topliss-reactive ketones (excluding diaryl/α,β-unsaturated/α-hetero) is 1. The average Bonchev–Trinajstić information content (AvgIpc) is 3.04. The first kappa shape index (κ1) is 18.8. The molecule has 1 aromatic carbocycles. The Kier molecular flexibility index (Phi) is 6.41. The van der Waals surface area contributed by atoms with Crippen molar-refractivity contribution in [1.82, 2.24) is 10.3 Å². The molecule has 0 fully saturated rings. The molecule has 132 valence electrons. The molecule has 2 rings (SSSR count). The van der Waals surface area contributed by atoms with Crippen LogP contribution >= 0.6 is 11.3 Å². The van der Waals surface area contributed by atoms with Crippen molar-refractivity contribution in [3.63, 3.8) is 0 Å². The Bertz CT molecular complexity index is 798. The molecule has 25 heavy (non-hydrogen) atoms. The van der Waals surface area contributed by atoms with Gasteiger partial charge in [0.15, 0.2) is 11.5 Å². The van der Waals surface area contributed by atoms with Crippen LogP contribution in [-0.2, 0) is 11.2 Å². The van der Waals surface area contributed by atoms with Crippen molar-refractivity contribution in [2.75, 3.05) is 6.54 Å². The van der Waals surface area contributed by atoms with Gasteiger partial charge in [0.2, 0.25) is 5.91 Å². The van der Waals surface area contributed by atoms with Crippen LogP contribution in [0.25, 0.3) is 0 Å². The van der Waals surface area contributed by atoms with Crippen molar-refractivity contribution < 1.29 is 19.5 Å². The van der Waals surface area contributed by atoms with E-state index < -0.39 is 5.97 Å². The lowest BCUT2D eigenvalue weighted by atomic mass is 9.99. The number of hydrogen-bond donors (Lipinski definition) is 2. The molecule has 2 aromatic rings. The molecule has 1 heterocycles. The molecule has 0 aliphatic rings. The summed E-state index contributed by atoms with van der Waals surface area (Å²) in [7, 11) is 0. The van der Waals surface area contributed by atoms with Crippen LogP contribution in [-0.4, -0.2) is 34.3 Å². The number of aryl methyl sites for hydroxylation is 2. The molecule has 6 nitrogen and oxygen atoms in total. The number of hydrogen-bond acceptors (Lipinski definition) is 5. The normalized spacial score (nSPS) is 10.5. The number of nitrogens with one attached hydrogen (secondary N) is 1. The zero-order valence-corrected chi connectivity index (χ0v) is 15.0. The summed E-state index contributed by atoms with van der Waals surface area (Å²) in [5, 5.41) is 13.7. The van der Waals surface area contributed by atoms with Gasteiger partial charge in [-0.2, -0.15) is 0 Å². The topological polar surface area (TPSA) is 96.4 Å².